The molecule has 2 N–H and O–H groups in total. The molecule has 2 heterocycles. The molecule has 1 atom stereocenters. The Morgan fingerprint density at radius 1 is 1.59 bits per heavy atom. The zero-order chi connectivity index (χ0) is 12.3. The second-order valence-corrected chi connectivity index (χ2v) is 6.40. The molecule has 1 aromatic heterocycles. The van der Waals surface area contributed by atoms with Gasteiger partial charge in [-0.3, -0.25) is 4.90 Å². The number of rotatable bonds is 5. The Bertz CT molecular complexity index is 363. The minimum atomic E-state index is 0.323. The van der Waals surface area contributed by atoms with Crippen LogP contribution in [0.5, 0.6) is 0 Å². The molecule has 3 nitrogen and oxygen atoms in total. The normalized spacial score (nSPS) is 25.6. The van der Waals surface area contributed by atoms with Gasteiger partial charge in [0.25, 0.3) is 0 Å². The summed E-state index contributed by atoms with van der Waals surface area (Å²) in [5, 5.41) is 3.46. The Morgan fingerprint density at radius 3 is 3.06 bits per heavy atom. The molecule has 0 bridgehead atoms. The largest absolute Gasteiger partial charge is 0.330 e. The van der Waals surface area contributed by atoms with Crippen molar-refractivity contribution in [1.82, 2.24) is 9.88 Å². The highest BCUT2D eigenvalue weighted by atomic mass is 32.1. The topological polar surface area (TPSA) is 42.1 Å². The minimum absolute atomic E-state index is 0.323. The predicted octanol–water partition coefficient (Wildman–Crippen LogP) is 2.27. The first kappa shape index (κ1) is 13.0. The standard InChI is InChI=1S/C13H23N3S/c1-3-4-11-8-17-12(15-11)7-16-6-5-13(2,9-14)10-16/h8H,3-7,9-10,14H2,1-2H3. The van der Waals surface area contributed by atoms with Gasteiger partial charge in [0.2, 0.25) is 0 Å². The van der Waals surface area contributed by atoms with Gasteiger partial charge in [-0.1, -0.05) is 20.3 Å². The van der Waals surface area contributed by atoms with E-state index in [0.29, 0.717) is 5.41 Å². The van der Waals surface area contributed by atoms with Crippen LogP contribution < -0.4 is 5.73 Å². The molecule has 1 aliphatic heterocycles. The van der Waals surface area contributed by atoms with Crippen molar-refractivity contribution < 1.29 is 0 Å². The van der Waals surface area contributed by atoms with Crippen LogP contribution in [0.15, 0.2) is 5.38 Å². The van der Waals surface area contributed by atoms with Gasteiger partial charge in [-0.25, -0.2) is 4.98 Å². The van der Waals surface area contributed by atoms with Crippen LogP contribution in [0.25, 0.3) is 0 Å². The summed E-state index contributed by atoms with van der Waals surface area (Å²) in [5.41, 5.74) is 7.41. The number of hydrogen-bond donors (Lipinski definition) is 1. The van der Waals surface area contributed by atoms with Crippen molar-refractivity contribution in [2.75, 3.05) is 19.6 Å². The molecule has 0 aliphatic carbocycles. The summed E-state index contributed by atoms with van der Waals surface area (Å²) in [6, 6.07) is 0. The molecule has 17 heavy (non-hydrogen) atoms. The van der Waals surface area contributed by atoms with E-state index in [1.54, 1.807) is 11.3 Å². The van der Waals surface area contributed by atoms with Crippen LogP contribution in [0.4, 0.5) is 0 Å². The lowest BCUT2D eigenvalue weighted by atomic mass is 9.90. The minimum Gasteiger partial charge on any atom is -0.330 e. The summed E-state index contributed by atoms with van der Waals surface area (Å²) in [7, 11) is 0. The van der Waals surface area contributed by atoms with Gasteiger partial charge in [0, 0.05) is 11.9 Å². The van der Waals surface area contributed by atoms with E-state index in [1.165, 1.54) is 23.5 Å². The zero-order valence-corrected chi connectivity index (χ0v) is 11.7. The maximum absolute atomic E-state index is 5.83. The van der Waals surface area contributed by atoms with Gasteiger partial charge >= 0.3 is 0 Å². The first-order valence-corrected chi connectivity index (χ1v) is 7.39. The molecule has 2 rings (SSSR count). The van der Waals surface area contributed by atoms with Gasteiger partial charge in [0.15, 0.2) is 0 Å². The van der Waals surface area contributed by atoms with Crippen LogP contribution in [-0.2, 0) is 13.0 Å². The van der Waals surface area contributed by atoms with Crippen LogP contribution in [0.3, 0.4) is 0 Å². The van der Waals surface area contributed by atoms with Crippen molar-refractivity contribution in [3.8, 4) is 0 Å². The van der Waals surface area contributed by atoms with E-state index >= 15 is 0 Å². The molecule has 1 aliphatic rings. The first-order valence-electron chi connectivity index (χ1n) is 6.51. The Hall–Kier alpha value is -0.450. The molecule has 1 saturated heterocycles. The maximum atomic E-state index is 5.83. The average Bonchev–Trinajstić information content (AvgIpc) is 2.89. The third-order valence-corrected chi connectivity index (χ3v) is 4.48. The molecular formula is C13H23N3S. The summed E-state index contributed by atoms with van der Waals surface area (Å²) in [6.45, 7) is 8.57. The second kappa shape index (κ2) is 5.46. The number of aromatic nitrogens is 1. The SMILES string of the molecule is CCCc1csc(CN2CCC(C)(CN)C2)n1. The summed E-state index contributed by atoms with van der Waals surface area (Å²) < 4.78 is 0. The van der Waals surface area contributed by atoms with E-state index in [0.717, 1.165) is 32.6 Å². The number of aryl methyl sites for hydroxylation is 1. The van der Waals surface area contributed by atoms with Gasteiger partial charge < -0.3 is 5.73 Å². The van der Waals surface area contributed by atoms with Crippen LogP contribution >= 0.6 is 11.3 Å². The van der Waals surface area contributed by atoms with Crippen molar-refractivity contribution >= 4 is 11.3 Å². The first-order chi connectivity index (χ1) is 8.15. The van der Waals surface area contributed by atoms with Gasteiger partial charge in [-0.15, -0.1) is 11.3 Å². The highest BCUT2D eigenvalue weighted by Gasteiger charge is 2.32. The van der Waals surface area contributed by atoms with E-state index < -0.39 is 0 Å². The van der Waals surface area contributed by atoms with E-state index in [2.05, 4.69) is 29.1 Å². The Kier molecular flexibility index (Phi) is 4.17. The number of thiazole rings is 1. The van der Waals surface area contributed by atoms with Gasteiger partial charge in [0.05, 0.1) is 12.2 Å². The monoisotopic (exact) mass is 253 g/mol. The predicted molar refractivity (Wildman–Crippen MR) is 73.2 cm³/mol. The lowest BCUT2D eigenvalue weighted by Gasteiger charge is -2.21. The number of nitrogens with two attached hydrogens (primary N) is 1. The van der Waals surface area contributed by atoms with Crippen molar-refractivity contribution in [3.63, 3.8) is 0 Å². The molecule has 1 aromatic rings. The fraction of sp³-hybridized carbons (Fsp3) is 0.769. The third kappa shape index (κ3) is 3.27. The number of hydrogen-bond acceptors (Lipinski definition) is 4. The molecule has 4 heteroatoms. The van der Waals surface area contributed by atoms with Gasteiger partial charge in [0.1, 0.15) is 5.01 Å². The Labute approximate surface area is 108 Å². The molecule has 0 radical (unpaired) electrons. The van der Waals surface area contributed by atoms with Crippen LogP contribution in [0.1, 0.15) is 37.4 Å². The highest BCUT2D eigenvalue weighted by molar-refractivity contribution is 7.09. The number of likely N-dealkylation sites (tertiary alicyclic amines) is 1. The fourth-order valence-electron chi connectivity index (χ4n) is 2.41. The molecule has 0 spiro atoms. The lowest BCUT2D eigenvalue weighted by molar-refractivity contribution is 0.274. The van der Waals surface area contributed by atoms with E-state index in [-0.39, 0.29) is 0 Å². The van der Waals surface area contributed by atoms with Crippen LogP contribution in [0.2, 0.25) is 0 Å². The van der Waals surface area contributed by atoms with Crippen molar-refractivity contribution in [3.05, 3.63) is 16.1 Å². The molecule has 96 valence electrons. The summed E-state index contributed by atoms with van der Waals surface area (Å²) in [6.07, 6.45) is 3.51. The smallest absolute Gasteiger partial charge is 0.107 e. The molecule has 1 fully saturated rings. The molecule has 0 aromatic carbocycles. The summed E-state index contributed by atoms with van der Waals surface area (Å²) in [5.74, 6) is 0. The van der Waals surface area contributed by atoms with E-state index in [4.69, 9.17) is 5.73 Å². The highest BCUT2D eigenvalue weighted by Crippen LogP contribution is 2.29. The summed E-state index contributed by atoms with van der Waals surface area (Å²) in [4.78, 5) is 7.17. The van der Waals surface area contributed by atoms with Crippen LogP contribution in [0, 0.1) is 5.41 Å². The Balaban J connectivity index is 1.89. The van der Waals surface area contributed by atoms with Crippen molar-refractivity contribution in [2.24, 2.45) is 11.1 Å². The van der Waals surface area contributed by atoms with Crippen molar-refractivity contribution in [2.45, 2.75) is 39.7 Å². The van der Waals surface area contributed by atoms with E-state index in [1.807, 2.05) is 0 Å². The van der Waals surface area contributed by atoms with Crippen molar-refractivity contribution in [1.29, 1.82) is 0 Å². The maximum Gasteiger partial charge on any atom is 0.107 e. The van der Waals surface area contributed by atoms with Gasteiger partial charge in [-0.05, 0) is 31.3 Å². The average molecular weight is 253 g/mol. The molecule has 0 saturated carbocycles. The lowest BCUT2D eigenvalue weighted by Crippen LogP contribution is -2.31. The fourth-order valence-corrected chi connectivity index (χ4v) is 3.28. The Morgan fingerprint density at radius 2 is 2.41 bits per heavy atom. The van der Waals surface area contributed by atoms with Crippen LogP contribution in [-0.4, -0.2) is 29.5 Å². The molecular weight excluding hydrogens is 230 g/mol. The zero-order valence-electron chi connectivity index (χ0n) is 10.9. The number of nitrogens with zero attached hydrogens (tertiary/aromatic N) is 2. The van der Waals surface area contributed by atoms with E-state index in [9.17, 15) is 0 Å². The summed E-state index contributed by atoms with van der Waals surface area (Å²) >= 11 is 1.80. The third-order valence-electron chi connectivity index (χ3n) is 3.59. The quantitative estimate of drug-likeness (QED) is 0.875. The second-order valence-electron chi connectivity index (χ2n) is 5.46. The van der Waals surface area contributed by atoms with Gasteiger partial charge in [-0.2, -0.15) is 0 Å². The molecule has 0 amide bonds. The molecule has 1 unspecified atom stereocenters.